The van der Waals surface area contributed by atoms with Crippen LogP contribution in [0.4, 0.5) is 5.69 Å². The third-order valence-electron chi connectivity index (χ3n) is 3.66. The number of hydrogen-bond acceptors (Lipinski definition) is 2. The predicted octanol–water partition coefficient (Wildman–Crippen LogP) is 2.95. The van der Waals surface area contributed by atoms with E-state index in [0.717, 1.165) is 11.3 Å². The fourth-order valence-corrected chi connectivity index (χ4v) is 2.49. The lowest BCUT2D eigenvalue weighted by Crippen LogP contribution is -2.42. The molecule has 0 aromatic heterocycles. The number of piperidine rings is 1. The number of hydrogen-bond donors (Lipinski definition) is 1. The highest BCUT2D eigenvalue weighted by molar-refractivity contribution is 5.50. The Bertz CT molecular complexity index is 423. The van der Waals surface area contributed by atoms with Gasteiger partial charge in [0.2, 0.25) is 0 Å². The Morgan fingerprint density at radius 1 is 1.33 bits per heavy atom. The summed E-state index contributed by atoms with van der Waals surface area (Å²) >= 11 is 0. The lowest BCUT2D eigenvalue weighted by atomic mass is 10.0. The minimum absolute atomic E-state index is 0.577. The van der Waals surface area contributed by atoms with Crippen molar-refractivity contribution < 1.29 is 0 Å². The molecule has 2 heteroatoms. The lowest BCUT2D eigenvalue weighted by molar-refractivity contribution is 0.177. The Balaban J connectivity index is 1.90. The third-order valence-corrected chi connectivity index (χ3v) is 3.66. The van der Waals surface area contributed by atoms with Crippen molar-refractivity contribution >= 4 is 5.69 Å². The van der Waals surface area contributed by atoms with Gasteiger partial charge in [-0.1, -0.05) is 12.0 Å². The Labute approximate surface area is 110 Å². The first-order valence-corrected chi connectivity index (χ1v) is 6.76. The zero-order chi connectivity index (χ0) is 13.0. The zero-order valence-electron chi connectivity index (χ0n) is 11.3. The van der Waals surface area contributed by atoms with Gasteiger partial charge in [0.15, 0.2) is 0 Å². The van der Waals surface area contributed by atoms with Crippen molar-refractivity contribution in [2.45, 2.75) is 38.8 Å². The monoisotopic (exact) mass is 242 g/mol. The van der Waals surface area contributed by atoms with Crippen LogP contribution in [0.25, 0.3) is 0 Å². The number of nitrogens with one attached hydrogen (secondary N) is 1. The first kappa shape index (κ1) is 13.0. The largest absolute Gasteiger partial charge is 0.382 e. The van der Waals surface area contributed by atoms with Gasteiger partial charge in [-0.05, 0) is 44.9 Å². The van der Waals surface area contributed by atoms with Gasteiger partial charge >= 0.3 is 0 Å². The predicted molar refractivity (Wildman–Crippen MR) is 77.7 cm³/mol. The van der Waals surface area contributed by atoms with E-state index in [1.54, 1.807) is 0 Å². The van der Waals surface area contributed by atoms with Gasteiger partial charge in [-0.25, -0.2) is 0 Å². The molecule has 0 bridgehead atoms. The van der Waals surface area contributed by atoms with Crippen molar-refractivity contribution in [1.29, 1.82) is 0 Å². The minimum atomic E-state index is 0.577. The molecule has 0 spiro atoms. The van der Waals surface area contributed by atoms with E-state index >= 15 is 0 Å². The summed E-state index contributed by atoms with van der Waals surface area (Å²) in [5, 5.41) is 3.59. The molecule has 0 unspecified atom stereocenters. The van der Waals surface area contributed by atoms with Crippen molar-refractivity contribution in [3.63, 3.8) is 0 Å². The summed E-state index contributed by atoms with van der Waals surface area (Å²) in [5.74, 6) is 2.68. The Hall–Kier alpha value is -1.46. The fourth-order valence-electron chi connectivity index (χ4n) is 2.49. The first-order valence-electron chi connectivity index (χ1n) is 6.76. The van der Waals surface area contributed by atoms with E-state index in [9.17, 15) is 0 Å². The van der Waals surface area contributed by atoms with Crippen LogP contribution in [-0.2, 0) is 0 Å². The number of rotatable bonds is 3. The number of benzene rings is 1. The molecule has 1 heterocycles. The fraction of sp³-hybridized carbons (Fsp3) is 0.500. The molecule has 2 rings (SSSR count). The molecule has 1 fully saturated rings. The number of terminal acetylenes is 1. The van der Waals surface area contributed by atoms with Crippen molar-refractivity contribution in [2.75, 3.05) is 18.4 Å². The second-order valence-corrected chi connectivity index (χ2v) is 5.27. The maximum absolute atomic E-state index is 5.42. The molecule has 1 saturated heterocycles. The summed E-state index contributed by atoms with van der Waals surface area (Å²) in [5.41, 5.74) is 2.09. The molecule has 1 aromatic carbocycles. The van der Waals surface area contributed by atoms with Crippen LogP contribution in [0.5, 0.6) is 0 Å². The molecule has 0 atom stereocenters. The van der Waals surface area contributed by atoms with Crippen molar-refractivity contribution in [3.05, 3.63) is 29.8 Å². The SMILES string of the molecule is C#Cc1cccc(NC2CCN(C(C)C)CC2)c1. The van der Waals surface area contributed by atoms with E-state index in [1.165, 1.54) is 25.9 Å². The molecule has 1 aliphatic rings. The lowest BCUT2D eigenvalue weighted by Gasteiger charge is -2.35. The highest BCUT2D eigenvalue weighted by atomic mass is 15.2. The molecular weight excluding hydrogens is 220 g/mol. The summed E-state index contributed by atoms with van der Waals surface area (Å²) in [6.45, 7) is 6.91. The molecule has 0 saturated carbocycles. The summed E-state index contributed by atoms with van der Waals surface area (Å²) in [6.07, 6.45) is 7.83. The van der Waals surface area contributed by atoms with Gasteiger partial charge < -0.3 is 10.2 Å². The van der Waals surface area contributed by atoms with Gasteiger partial charge in [0.05, 0.1) is 0 Å². The molecule has 0 radical (unpaired) electrons. The molecule has 1 aromatic rings. The highest BCUT2D eigenvalue weighted by Crippen LogP contribution is 2.18. The average Bonchev–Trinajstić information content (AvgIpc) is 2.39. The van der Waals surface area contributed by atoms with Gasteiger partial charge in [0, 0.05) is 36.4 Å². The van der Waals surface area contributed by atoms with Crippen LogP contribution in [0.15, 0.2) is 24.3 Å². The number of nitrogens with zero attached hydrogens (tertiary/aromatic N) is 1. The van der Waals surface area contributed by atoms with E-state index in [1.807, 2.05) is 12.1 Å². The molecule has 96 valence electrons. The number of anilines is 1. The minimum Gasteiger partial charge on any atom is -0.382 e. The smallest absolute Gasteiger partial charge is 0.0354 e. The molecule has 0 aliphatic carbocycles. The Morgan fingerprint density at radius 2 is 2.06 bits per heavy atom. The molecule has 2 nitrogen and oxygen atoms in total. The molecule has 0 amide bonds. The highest BCUT2D eigenvalue weighted by Gasteiger charge is 2.20. The van der Waals surface area contributed by atoms with Crippen LogP contribution in [-0.4, -0.2) is 30.1 Å². The summed E-state index contributed by atoms with van der Waals surface area (Å²) in [6, 6.07) is 9.36. The van der Waals surface area contributed by atoms with Crippen LogP contribution >= 0.6 is 0 Å². The van der Waals surface area contributed by atoms with E-state index in [-0.39, 0.29) is 0 Å². The average molecular weight is 242 g/mol. The molecule has 1 N–H and O–H groups in total. The molecule has 1 aliphatic heterocycles. The standard InChI is InChI=1S/C16H22N2/c1-4-14-6-5-7-16(12-14)17-15-8-10-18(11-9-15)13(2)3/h1,5-7,12-13,15,17H,8-11H2,2-3H3. The van der Waals surface area contributed by atoms with E-state index in [2.05, 4.69) is 42.1 Å². The second-order valence-electron chi connectivity index (χ2n) is 5.27. The molecule has 18 heavy (non-hydrogen) atoms. The van der Waals surface area contributed by atoms with Crippen molar-refractivity contribution in [3.8, 4) is 12.3 Å². The van der Waals surface area contributed by atoms with E-state index < -0.39 is 0 Å². The van der Waals surface area contributed by atoms with Gasteiger partial charge in [-0.2, -0.15) is 0 Å². The van der Waals surface area contributed by atoms with Crippen LogP contribution in [0, 0.1) is 12.3 Å². The summed E-state index contributed by atoms with van der Waals surface area (Å²) in [7, 11) is 0. The van der Waals surface area contributed by atoms with Crippen LogP contribution < -0.4 is 5.32 Å². The number of likely N-dealkylation sites (tertiary alicyclic amines) is 1. The van der Waals surface area contributed by atoms with Crippen LogP contribution in [0.2, 0.25) is 0 Å². The Kier molecular flexibility index (Phi) is 4.28. The van der Waals surface area contributed by atoms with E-state index in [4.69, 9.17) is 6.42 Å². The van der Waals surface area contributed by atoms with E-state index in [0.29, 0.717) is 12.1 Å². The second kappa shape index (κ2) is 5.93. The van der Waals surface area contributed by atoms with Crippen molar-refractivity contribution in [1.82, 2.24) is 4.90 Å². The molecular formula is C16H22N2. The Morgan fingerprint density at radius 3 is 2.67 bits per heavy atom. The zero-order valence-corrected chi connectivity index (χ0v) is 11.3. The van der Waals surface area contributed by atoms with Gasteiger partial charge in [0.25, 0.3) is 0 Å². The topological polar surface area (TPSA) is 15.3 Å². The maximum atomic E-state index is 5.42. The van der Waals surface area contributed by atoms with Crippen LogP contribution in [0.3, 0.4) is 0 Å². The maximum Gasteiger partial charge on any atom is 0.0354 e. The van der Waals surface area contributed by atoms with Gasteiger partial charge in [0.1, 0.15) is 0 Å². The van der Waals surface area contributed by atoms with Crippen LogP contribution in [0.1, 0.15) is 32.3 Å². The van der Waals surface area contributed by atoms with Crippen molar-refractivity contribution in [2.24, 2.45) is 0 Å². The van der Waals surface area contributed by atoms with Gasteiger partial charge in [-0.15, -0.1) is 6.42 Å². The third kappa shape index (κ3) is 3.27. The van der Waals surface area contributed by atoms with Gasteiger partial charge in [-0.3, -0.25) is 0 Å². The first-order chi connectivity index (χ1) is 8.69. The quantitative estimate of drug-likeness (QED) is 0.820. The normalized spacial score (nSPS) is 17.7. The summed E-state index contributed by atoms with van der Waals surface area (Å²) in [4.78, 5) is 2.54. The summed E-state index contributed by atoms with van der Waals surface area (Å²) < 4.78 is 0.